The molecule has 1 heterocycles. The van der Waals surface area contributed by atoms with E-state index in [2.05, 4.69) is 0 Å². The molecule has 220 valence electrons. The van der Waals surface area contributed by atoms with E-state index in [9.17, 15) is 9.90 Å². The van der Waals surface area contributed by atoms with E-state index < -0.39 is 0 Å². The molecular formula is C34H33ClN4O4. The zero-order valence-electron chi connectivity index (χ0n) is 24.9. The minimum atomic E-state index is -0.284. The first-order valence-electron chi connectivity index (χ1n) is 13.6. The molecule has 0 saturated carbocycles. The molecule has 9 heteroatoms. The van der Waals surface area contributed by atoms with Crippen LogP contribution in [0.5, 0.6) is 17.2 Å². The van der Waals surface area contributed by atoms with Gasteiger partial charge in [0.15, 0.2) is 11.5 Å². The lowest BCUT2D eigenvalue weighted by Gasteiger charge is -2.16. The van der Waals surface area contributed by atoms with E-state index in [0.717, 1.165) is 16.9 Å². The lowest BCUT2D eigenvalue weighted by atomic mass is 10.0. The first-order chi connectivity index (χ1) is 20.6. The summed E-state index contributed by atoms with van der Waals surface area (Å²) in [5, 5.41) is 11.1. The number of imidazole rings is 1. The summed E-state index contributed by atoms with van der Waals surface area (Å²) in [7, 11) is 10.7. The normalized spacial score (nSPS) is 10.9. The van der Waals surface area contributed by atoms with Crippen LogP contribution in [0.4, 0.5) is 11.4 Å². The van der Waals surface area contributed by atoms with E-state index in [4.69, 9.17) is 26.1 Å². The average Bonchev–Trinajstić information content (AvgIpc) is 3.41. The summed E-state index contributed by atoms with van der Waals surface area (Å²) in [5.74, 6) is 0.266. The lowest BCUT2D eigenvalue weighted by molar-refractivity contribution is 0.0963. The van der Waals surface area contributed by atoms with Gasteiger partial charge in [0.2, 0.25) is 5.75 Å². The predicted octanol–water partition coefficient (Wildman–Crippen LogP) is 7.08. The molecule has 0 aliphatic heterocycles. The fourth-order valence-electron chi connectivity index (χ4n) is 4.89. The number of nitrogens with zero attached hydrogens (tertiary/aromatic N) is 4. The number of carbonyl (C=O) groups excluding carboxylic acids is 1. The van der Waals surface area contributed by atoms with E-state index in [0.29, 0.717) is 38.9 Å². The lowest BCUT2D eigenvalue weighted by Crippen LogP contribution is -2.15. The molecule has 0 amide bonds. The van der Waals surface area contributed by atoms with Gasteiger partial charge < -0.3 is 24.4 Å². The molecule has 0 aliphatic carbocycles. The Bertz CT molecular complexity index is 1760. The zero-order chi connectivity index (χ0) is 30.8. The minimum absolute atomic E-state index is 0.150. The van der Waals surface area contributed by atoms with Crippen LogP contribution in [0.1, 0.15) is 10.4 Å². The van der Waals surface area contributed by atoms with Gasteiger partial charge in [0.1, 0.15) is 5.82 Å². The van der Waals surface area contributed by atoms with Gasteiger partial charge in [0.25, 0.3) is 5.91 Å². The predicted molar refractivity (Wildman–Crippen MR) is 173 cm³/mol. The number of hydrogen-bond donors (Lipinski definition) is 1. The first kappa shape index (κ1) is 29.5. The quantitative estimate of drug-likeness (QED) is 0.205. The summed E-state index contributed by atoms with van der Waals surface area (Å²) >= 11 is 6.91. The molecule has 0 atom stereocenters. The first-order valence-corrected chi connectivity index (χ1v) is 13.9. The molecule has 0 radical (unpaired) electrons. The highest BCUT2D eigenvalue weighted by molar-refractivity contribution is 6.33. The SMILES string of the molecule is COc1cc(-c2nc(-c3ccc(N(C)C)cc3Cl)c(-c3ccc(N(C)C)cc3)n2C(=O)c2ccccc2)cc(OC)c1O. The van der Waals surface area contributed by atoms with Crippen molar-refractivity contribution in [3.05, 3.63) is 95.5 Å². The van der Waals surface area contributed by atoms with E-state index in [1.165, 1.54) is 14.2 Å². The van der Waals surface area contributed by atoms with Gasteiger partial charge in [-0.15, -0.1) is 0 Å². The number of phenols is 1. The van der Waals surface area contributed by atoms with Crippen molar-refractivity contribution in [2.24, 2.45) is 0 Å². The number of methoxy groups -OCH3 is 2. The Morgan fingerprint density at radius 2 is 1.37 bits per heavy atom. The second-order valence-electron chi connectivity index (χ2n) is 10.4. The number of phenolic OH excluding ortho intramolecular Hbond substituents is 1. The van der Waals surface area contributed by atoms with Crippen LogP contribution in [0, 0.1) is 0 Å². The smallest absolute Gasteiger partial charge is 0.264 e. The van der Waals surface area contributed by atoms with Crippen molar-refractivity contribution in [1.29, 1.82) is 0 Å². The summed E-state index contributed by atoms with van der Waals surface area (Å²) in [6.07, 6.45) is 0. The standard InChI is InChI=1S/C34H33ClN4O4/c1-37(2)24-14-12-21(13-15-24)31-30(26-17-16-25(38(3)4)20-27(26)35)36-33(39(31)34(41)22-10-8-7-9-11-22)23-18-28(42-5)32(40)29(19-23)43-6/h7-20,40H,1-6H3. The topological polar surface area (TPSA) is 80.1 Å². The third-order valence-electron chi connectivity index (χ3n) is 7.22. The van der Waals surface area contributed by atoms with Crippen LogP contribution in [0.2, 0.25) is 5.02 Å². The van der Waals surface area contributed by atoms with Crippen molar-refractivity contribution in [2.75, 3.05) is 52.2 Å². The van der Waals surface area contributed by atoms with Gasteiger partial charge in [-0.25, -0.2) is 4.98 Å². The van der Waals surface area contributed by atoms with Crippen LogP contribution in [0.15, 0.2) is 84.9 Å². The van der Waals surface area contributed by atoms with Crippen LogP contribution in [0.3, 0.4) is 0 Å². The largest absolute Gasteiger partial charge is 0.502 e. The number of rotatable bonds is 8. The average molecular weight is 597 g/mol. The summed E-state index contributed by atoms with van der Waals surface area (Å²) < 4.78 is 12.5. The molecule has 0 bridgehead atoms. The maximum atomic E-state index is 14.4. The number of carbonyl (C=O) groups is 1. The van der Waals surface area contributed by atoms with Crippen LogP contribution >= 0.6 is 11.6 Å². The Balaban J connectivity index is 1.89. The number of anilines is 2. The van der Waals surface area contributed by atoms with Gasteiger partial charge in [-0.2, -0.15) is 0 Å². The van der Waals surface area contributed by atoms with Crippen molar-refractivity contribution in [3.8, 4) is 51.2 Å². The second-order valence-corrected chi connectivity index (χ2v) is 10.8. The van der Waals surface area contributed by atoms with Gasteiger partial charge in [-0.1, -0.05) is 41.9 Å². The van der Waals surface area contributed by atoms with E-state index >= 15 is 0 Å². The van der Waals surface area contributed by atoms with Crippen molar-refractivity contribution in [2.45, 2.75) is 0 Å². The number of halogens is 1. The molecule has 5 rings (SSSR count). The molecule has 0 fully saturated rings. The number of benzene rings is 4. The fourth-order valence-corrected chi connectivity index (χ4v) is 5.15. The molecule has 0 spiro atoms. The molecule has 1 N–H and O–H groups in total. The molecule has 8 nitrogen and oxygen atoms in total. The molecular weight excluding hydrogens is 564 g/mol. The highest BCUT2D eigenvalue weighted by atomic mass is 35.5. The molecule has 4 aromatic carbocycles. The van der Waals surface area contributed by atoms with Gasteiger partial charge >= 0.3 is 0 Å². The number of aromatic nitrogens is 2. The molecule has 43 heavy (non-hydrogen) atoms. The molecule has 0 saturated heterocycles. The zero-order valence-corrected chi connectivity index (χ0v) is 25.7. The highest BCUT2D eigenvalue weighted by Crippen LogP contribution is 2.44. The molecule has 1 aromatic heterocycles. The van der Waals surface area contributed by atoms with E-state index in [-0.39, 0.29) is 23.2 Å². The Labute approximate surface area is 256 Å². The molecule has 0 unspecified atom stereocenters. The Morgan fingerprint density at radius 3 is 1.91 bits per heavy atom. The summed E-state index contributed by atoms with van der Waals surface area (Å²) in [6, 6.07) is 26.0. The van der Waals surface area contributed by atoms with Gasteiger partial charge in [0, 0.05) is 61.8 Å². The van der Waals surface area contributed by atoms with Crippen molar-refractivity contribution < 1.29 is 19.4 Å². The van der Waals surface area contributed by atoms with Crippen molar-refractivity contribution in [1.82, 2.24) is 9.55 Å². The van der Waals surface area contributed by atoms with E-state index in [1.807, 2.05) is 98.7 Å². The molecule has 5 aromatic rings. The number of hydrogen-bond acceptors (Lipinski definition) is 7. The second kappa shape index (κ2) is 12.1. The van der Waals surface area contributed by atoms with E-state index in [1.54, 1.807) is 28.8 Å². The van der Waals surface area contributed by atoms with Crippen molar-refractivity contribution in [3.63, 3.8) is 0 Å². The minimum Gasteiger partial charge on any atom is -0.502 e. The fraction of sp³-hybridized carbons (Fsp3) is 0.176. The number of ether oxygens (including phenoxy) is 2. The van der Waals surface area contributed by atoms with Gasteiger partial charge in [-0.05, 0) is 54.6 Å². The van der Waals surface area contributed by atoms with Crippen LogP contribution in [-0.4, -0.2) is 63.0 Å². The maximum Gasteiger partial charge on any atom is 0.264 e. The number of aromatic hydroxyl groups is 1. The van der Waals surface area contributed by atoms with Gasteiger partial charge in [0.05, 0.1) is 30.6 Å². The Kier molecular flexibility index (Phi) is 8.32. The Morgan fingerprint density at radius 1 is 0.791 bits per heavy atom. The van der Waals surface area contributed by atoms with Gasteiger partial charge in [-0.3, -0.25) is 9.36 Å². The van der Waals surface area contributed by atoms with Crippen molar-refractivity contribution >= 4 is 28.9 Å². The summed E-state index contributed by atoms with van der Waals surface area (Å²) in [4.78, 5) is 23.5. The highest BCUT2D eigenvalue weighted by Gasteiger charge is 2.28. The third kappa shape index (κ3) is 5.61. The summed E-state index contributed by atoms with van der Waals surface area (Å²) in [5.41, 5.74) is 5.45. The van der Waals surface area contributed by atoms with Crippen LogP contribution in [0.25, 0.3) is 33.9 Å². The van der Waals surface area contributed by atoms with Crippen LogP contribution in [-0.2, 0) is 0 Å². The third-order valence-corrected chi connectivity index (χ3v) is 7.53. The Hall–Kier alpha value is -4.95. The maximum absolute atomic E-state index is 14.4. The van der Waals surface area contributed by atoms with Crippen LogP contribution < -0.4 is 19.3 Å². The monoisotopic (exact) mass is 596 g/mol. The summed E-state index contributed by atoms with van der Waals surface area (Å²) in [6.45, 7) is 0. The molecule has 0 aliphatic rings.